The number of hydrogen-bond acceptors (Lipinski definition) is 4. The molecule has 0 aromatic carbocycles. The van der Waals surface area contributed by atoms with Crippen molar-refractivity contribution in [2.24, 2.45) is 5.73 Å². The molecule has 8 heteroatoms. The monoisotopic (exact) mass is 336 g/mol. The molecule has 0 aliphatic heterocycles. The average molecular weight is 337 g/mol. The molecule has 2 rings (SSSR count). The number of hydrogen-bond donors (Lipinski definition) is 2. The second-order valence-electron chi connectivity index (χ2n) is 5.66. The smallest absolute Gasteiger partial charge is 0.259 e. The lowest BCUT2D eigenvalue weighted by molar-refractivity contribution is 0.296. The first-order valence-corrected chi connectivity index (χ1v) is 8.67. The summed E-state index contributed by atoms with van der Waals surface area (Å²) in [7, 11) is -3.57. The Bertz CT molecular complexity index is 565. The molecule has 1 aromatic heterocycles. The van der Waals surface area contributed by atoms with Crippen molar-refractivity contribution in [2.45, 2.75) is 63.1 Å². The lowest BCUT2D eigenvalue weighted by atomic mass is 9.83. The standard InChI is InChI=1S/C13H24N4O2S.ClH/c1-3-17-9-12(16-11(17)2)20(18,19)15-10-13(14)7-5-4-6-8-13;/h9,15H,3-8,10,14H2,1-2H3;1H. The molecule has 1 saturated carbocycles. The van der Waals surface area contributed by atoms with Crippen molar-refractivity contribution in [3.8, 4) is 0 Å². The van der Waals surface area contributed by atoms with Gasteiger partial charge in [0.1, 0.15) is 5.82 Å². The summed E-state index contributed by atoms with van der Waals surface area (Å²) in [4.78, 5) is 4.11. The number of nitrogens with one attached hydrogen (secondary N) is 1. The van der Waals surface area contributed by atoms with Gasteiger partial charge in [-0.05, 0) is 26.7 Å². The predicted octanol–water partition coefficient (Wildman–Crippen LogP) is 1.57. The van der Waals surface area contributed by atoms with Crippen molar-refractivity contribution in [3.05, 3.63) is 12.0 Å². The van der Waals surface area contributed by atoms with Crippen LogP contribution in [0.4, 0.5) is 0 Å². The molecule has 1 aliphatic rings. The van der Waals surface area contributed by atoms with E-state index in [9.17, 15) is 8.42 Å². The van der Waals surface area contributed by atoms with Crippen LogP contribution in [-0.2, 0) is 16.6 Å². The van der Waals surface area contributed by atoms with E-state index < -0.39 is 15.6 Å². The van der Waals surface area contributed by atoms with Crippen LogP contribution in [0.25, 0.3) is 0 Å². The molecule has 1 aliphatic carbocycles. The number of aromatic nitrogens is 2. The van der Waals surface area contributed by atoms with Crippen molar-refractivity contribution < 1.29 is 8.42 Å². The molecule has 0 unspecified atom stereocenters. The Morgan fingerprint density at radius 1 is 1.38 bits per heavy atom. The number of sulfonamides is 1. The first-order valence-electron chi connectivity index (χ1n) is 7.19. The Balaban J connectivity index is 0.00000220. The second kappa shape index (κ2) is 7.09. The number of imidazole rings is 1. The Morgan fingerprint density at radius 3 is 2.52 bits per heavy atom. The van der Waals surface area contributed by atoms with E-state index in [2.05, 4.69) is 9.71 Å². The van der Waals surface area contributed by atoms with E-state index in [4.69, 9.17) is 5.73 Å². The number of halogens is 1. The van der Waals surface area contributed by atoms with E-state index in [1.165, 1.54) is 6.42 Å². The molecular weight excluding hydrogens is 312 g/mol. The van der Waals surface area contributed by atoms with E-state index in [0.29, 0.717) is 12.4 Å². The molecule has 0 atom stereocenters. The van der Waals surface area contributed by atoms with Crippen molar-refractivity contribution in [1.82, 2.24) is 14.3 Å². The van der Waals surface area contributed by atoms with Gasteiger partial charge < -0.3 is 10.3 Å². The van der Waals surface area contributed by atoms with E-state index in [1.54, 1.807) is 13.1 Å². The van der Waals surface area contributed by atoms with E-state index >= 15 is 0 Å². The average Bonchev–Trinajstić information content (AvgIpc) is 2.80. The highest BCUT2D eigenvalue weighted by Crippen LogP contribution is 2.25. The fourth-order valence-electron chi connectivity index (χ4n) is 2.67. The van der Waals surface area contributed by atoms with Gasteiger partial charge in [-0.15, -0.1) is 12.4 Å². The van der Waals surface area contributed by atoms with Crippen LogP contribution in [0.5, 0.6) is 0 Å². The molecular formula is C13H25ClN4O2S. The topological polar surface area (TPSA) is 90.0 Å². The third-order valence-electron chi connectivity index (χ3n) is 4.03. The molecule has 0 radical (unpaired) electrons. The molecule has 1 heterocycles. The normalized spacial score (nSPS) is 18.2. The largest absolute Gasteiger partial charge is 0.334 e. The number of aryl methyl sites for hydroxylation is 2. The summed E-state index contributed by atoms with van der Waals surface area (Å²) in [6.07, 6.45) is 6.65. The van der Waals surface area contributed by atoms with E-state index in [1.807, 2.05) is 11.5 Å². The minimum Gasteiger partial charge on any atom is -0.334 e. The Hall–Kier alpha value is -0.630. The minimum absolute atomic E-state index is 0. The molecule has 1 fully saturated rings. The van der Waals surface area contributed by atoms with Crippen LogP contribution >= 0.6 is 12.4 Å². The van der Waals surface area contributed by atoms with Crippen LogP contribution in [0.3, 0.4) is 0 Å². The van der Waals surface area contributed by atoms with Gasteiger partial charge in [0.25, 0.3) is 10.0 Å². The highest BCUT2D eigenvalue weighted by Gasteiger charge is 2.30. The summed E-state index contributed by atoms with van der Waals surface area (Å²) in [5.41, 5.74) is 5.84. The van der Waals surface area contributed by atoms with Crippen LogP contribution in [0.15, 0.2) is 11.2 Å². The SMILES string of the molecule is CCn1cc(S(=O)(=O)NCC2(N)CCCCC2)nc1C.Cl. The van der Waals surface area contributed by atoms with Crippen molar-refractivity contribution in [3.63, 3.8) is 0 Å². The fourth-order valence-corrected chi connectivity index (χ4v) is 3.82. The molecule has 3 N–H and O–H groups in total. The lowest BCUT2D eigenvalue weighted by Crippen LogP contribution is -2.51. The van der Waals surface area contributed by atoms with Crippen LogP contribution < -0.4 is 10.5 Å². The van der Waals surface area contributed by atoms with Gasteiger partial charge in [-0.3, -0.25) is 0 Å². The summed E-state index contributed by atoms with van der Waals surface area (Å²) >= 11 is 0. The molecule has 21 heavy (non-hydrogen) atoms. The summed E-state index contributed by atoms with van der Waals surface area (Å²) in [6.45, 7) is 4.74. The second-order valence-corrected chi connectivity index (χ2v) is 7.37. The maximum atomic E-state index is 12.3. The summed E-state index contributed by atoms with van der Waals surface area (Å²) in [5.74, 6) is 0.702. The zero-order chi connectivity index (χ0) is 14.8. The first-order chi connectivity index (χ1) is 9.36. The third kappa shape index (κ3) is 4.42. The number of nitrogens with zero attached hydrogens (tertiary/aromatic N) is 2. The van der Waals surface area contributed by atoms with Gasteiger partial charge in [0.15, 0.2) is 5.03 Å². The number of rotatable bonds is 5. The molecule has 0 spiro atoms. The molecule has 0 bridgehead atoms. The molecule has 0 saturated heterocycles. The lowest BCUT2D eigenvalue weighted by Gasteiger charge is -2.33. The van der Waals surface area contributed by atoms with Crippen molar-refractivity contribution in [1.29, 1.82) is 0 Å². The minimum atomic E-state index is -3.57. The van der Waals surface area contributed by atoms with Crippen LogP contribution in [0, 0.1) is 6.92 Å². The van der Waals surface area contributed by atoms with Gasteiger partial charge >= 0.3 is 0 Å². The van der Waals surface area contributed by atoms with Crippen molar-refractivity contribution in [2.75, 3.05) is 6.54 Å². The summed E-state index contributed by atoms with van der Waals surface area (Å²) in [6, 6.07) is 0. The van der Waals surface area contributed by atoms with E-state index in [0.717, 1.165) is 25.7 Å². The van der Waals surface area contributed by atoms with Crippen LogP contribution in [0.1, 0.15) is 44.9 Å². The predicted molar refractivity (Wildman–Crippen MR) is 85.1 cm³/mol. The van der Waals surface area contributed by atoms with Crippen molar-refractivity contribution >= 4 is 22.4 Å². The fraction of sp³-hybridized carbons (Fsp3) is 0.769. The molecule has 122 valence electrons. The van der Waals surface area contributed by atoms with Gasteiger partial charge in [0.05, 0.1) is 0 Å². The maximum Gasteiger partial charge on any atom is 0.259 e. The first kappa shape index (κ1) is 18.4. The highest BCUT2D eigenvalue weighted by molar-refractivity contribution is 7.89. The van der Waals surface area contributed by atoms with Gasteiger partial charge in [0, 0.05) is 24.8 Å². The maximum absolute atomic E-state index is 12.3. The van der Waals surface area contributed by atoms with Gasteiger partial charge in [-0.25, -0.2) is 18.1 Å². The molecule has 0 amide bonds. The van der Waals surface area contributed by atoms with Crippen LogP contribution in [0.2, 0.25) is 0 Å². The Morgan fingerprint density at radius 2 is 2.00 bits per heavy atom. The summed E-state index contributed by atoms with van der Waals surface area (Å²) in [5, 5.41) is 0.0799. The van der Waals surface area contributed by atoms with Gasteiger partial charge in [-0.2, -0.15) is 0 Å². The molecule has 1 aromatic rings. The van der Waals surface area contributed by atoms with Crippen LogP contribution in [-0.4, -0.2) is 30.1 Å². The van der Waals surface area contributed by atoms with E-state index in [-0.39, 0.29) is 24.0 Å². The quantitative estimate of drug-likeness (QED) is 0.854. The Kier molecular flexibility index (Phi) is 6.22. The van der Waals surface area contributed by atoms with Gasteiger partial charge in [-0.1, -0.05) is 19.3 Å². The number of nitrogens with two attached hydrogens (primary N) is 1. The summed E-state index contributed by atoms with van der Waals surface area (Å²) < 4.78 is 28.9. The highest BCUT2D eigenvalue weighted by atomic mass is 35.5. The zero-order valence-electron chi connectivity index (χ0n) is 12.6. The Labute approximate surface area is 133 Å². The zero-order valence-corrected chi connectivity index (χ0v) is 14.3. The molecule has 6 nitrogen and oxygen atoms in total. The third-order valence-corrected chi connectivity index (χ3v) is 5.31. The van der Waals surface area contributed by atoms with Gasteiger partial charge in [0.2, 0.25) is 0 Å².